The summed E-state index contributed by atoms with van der Waals surface area (Å²) in [5.41, 5.74) is 0.737. The fraction of sp³-hybridized carbons (Fsp3) is 0.455. The molecule has 5 heteroatoms. The second kappa shape index (κ2) is 4.95. The maximum absolute atomic E-state index is 11.7. The van der Waals surface area contributed by atoms with Gasteiger partial charge in [-0.2, -0.15) is 8.42 Å². The van der Waals surface area contributed by atoms with Crippen LogP contribution in [0, 0.1) is 0 Å². The predicted molar refractivity (Wildman–Crippen MR) is 59.4 cm³/mol. The highest BCUT2D eigenvalue weighted by Gasteiger charge is 2.23. The molecule has 0 aliphatic carbocycles. The van der Waals surface area contributed by atoms with E-state index in [1.165, 1.54) is 0 Å². The Hall–Kier alpha value is -0.910. The maximum atomic E-state index is 11.7. The van der Waals surface area contributed by atoms with Crippen LogP contribution in [0.4, 0.5) is 0 Å². The van der Waals surface area contributed by atoms with Crippen molar-refractivity contribution in [1.82, 2.24) is 0 Å². The van der Waals surface area contributed by atoms with Gasteiger partial charge in [-0.15, -0.1) is 0 Å². The lowest BCUT2D eigenvalue weighted by atomic mass is 10.2. The van der Waals surface area contributed by atoms with E-state index in [0.29, 0.717) is 19.6 Å². The molecular weight excluding hydrogens is 228 g/mol. The Morgan fingerprint density at radius 1 is 1.31 bits per heavy atom. The molecule has 4 nitrogen and oxygen atoms in total. The molecule has 0 radical (unpaired) electrons. The molecule has 1 aliphatic heterocycles. The molecule has 1 aliphatic rings. The molecule has 0 amide bonds. The van der Waals surface area contributed by atoms with Crippen LogP contribution in [-0.4, -0.2) is 27.7 Å². The van der Waals surface area contributed by atoms with Crippen LogP contribution in [0.25, 0.3) is 0 Å². The van der Waals surface area contributed by atoms with Gasteiger partial charge >= 0.3 is 0 Å². The highest BCUT2D eigenvalue weighted by atomic mass is 32.2. The van der Waals surface area contributed by atoms with Crippen molar-refractivity contribution in [3.8, 4) is 0 Å². The number of benzene rings is 1. The molecule has 2 rings (SSSR count). The summed E-state index contributed by atoms with van der Waals surface area (Å²) in [5, 5.41) is 0. The monoisotopic (exact) mass is 242 g/mol. The Morgan fingerprint density at radius 2 is 2.06 bits per heavy atom. The summed E-state index contributed by atoms with van der Waals surface area (Å²) in [4.78, 5) is 0. The maximum Gasteiger partial charge on any atom is 0.271 e. The Labute approximate surface area is 95.3 Å². The molecule has 1 heterocycles. The van der Waals surface area contributed by atoms with Gasteiger partial charge in [-0.1, -0.05) is 30.3 Å². The highest BCUT2D eigenvalue weighted by Crippen LogP contribution is 2.14. The van der Waals surface area contributed by atoms with Crippen LogP contribution in [0.5, 0.6) is 0 Å². The van der Waals surface area contributed by atoms with Gasteiger partial charge in [0.1, 0.15) is 11.9 Å². The van der Waals surface area contributed by atoms with Crippen LogP contribution in [0.15, 0.2) is 30.3 Å². The topological polar surface area (TPSA) is 52.6 Å². The van der Waals surface area contributed by atoms with Crippen molar-refractivity contribution in [3.63, 3.8) is 0 Å². The summed E-state index contributed by atoms with van der Waals surface area (Å²) in [6.07, 6.45) is 0.335. The lowest BCUT2D eigenvalue weighted by Gasteiger charge is -2.09. The second-order valence-corrected chi connectivity index (χ2v) is 5.37. The van der Waals surface area contributed by atoms with Gasteiger partial charge in [0.15, 0.2) is 0 Å². The third-order valence-electron chi connectivity index (χ3n) is 2.36. The SMILES string of the molecule is O=S(=O)(Cc1ccccc1)O[C@H]1CCOC1. The quantitative estimate of drug-likeness (QED) is 0.747. The summed E-state index contributed by atoms with van der Waals surface area (Å²) in [6, 6.07) is 9.01. The molecule has 1 aromatic carbocycles. The standard InChI is InChI=1S/C11H14O4S/c12-16(13,15-11-6-7-14-8-11)9-10-4-2-1-3-5-10/h1-5,11H,6-9H2/t11-/m0/s1. The summed E-state index contributed by atoms with van der Waals surface area (Å²) in [5.74, 6) is -0.0790. The Balaban J connectivity index is 1.97. The molecule has 88 valence electrons. The third-order valence-corrected chi connectivity index (χ3v) is 3.61. The lowest BCUT2D eigenvalue weighted by molar-refractivity contribution is 0.145. The number of rotatable bonds is 4. The van der Waals surface area contributed by atoms with E-state index in [4.69, 9.17) is 8.92 Å². The van der Waals surface area contributed by atoms with E-state index in [-0.39, 0.29) is 11.9 Å². The first kappa shape index (κ1) is 11.6. The molecule has 16 heavy (non-hydrogen) atoms. The fourth-order valence-electron chi connectivity index (χ4n) is 1.61. The number of ether oxygens (including phenoxy) is 1. The van der Waals surface area contributed by atoms with Crippen LogP contribution < -0.4 is 0 Å². The number of hydrogen-bond donors (Lipinski definition) is 0. The second-order valence-electron chi connectivity index (χ2n) is 3.77. The summed E-state index contributed by atoms with van der Waals surface area (Å²) in [6.45, 7) is 0.944. The minimum Gasteiger partial charge on any atom is -0.379 e. The average molecular weight is 242 g/mol. The van der Waals surface area contributed by atoms with Crippen molar-refractivity contribution in [2.75, 3.05) is 13.2 Å². The van der Waals surface area contributed by atoms with Gasteiger partial charge in [-0.25, -0.2) is 0 Å². The summed E-state index contributed by atoms with van der Waals surface area (Å²) in [7, 11) is -3.50. The van der Waals surface area contributed by atoms with E-state index in [1.807, 2.05) is 18.2 Å². The largest absolute Gasteiger partial charge is 0.379 e. The van der Waals surface area contributed by atoms with E-state index >= 15 is 0 Å². The van der Waals surface area contributed by atoms with E-state index in [9.17, 15) is 8.42 Å². The van der Waals surface area contributed by atoms with Gasteiger partial charge in [0.2, 0.25) is 0 Å². The molecule has 0 aromatic heterocycles. The van der Waals surface area contributed by atoms with Crippen LogP contribution >= 0.6 is 0 Å². The van der Waals surface area contributed by atoms with E-state index in [0.717, 1.165) is 5.56 Å². The molecule has 0 saturated carbocycles. The smallest absolute Gasteiger partial charge is 0.271 e. The van der Waals surface area contributed by atoms with Crippen molar-refractivity contribution in [2.45, 2.75) is 18.3 Å². The van der Waals surface area contributed by atoms with Gasteiger partial charge in [-0.05, 0) is 5.56 Å². The molecular formula is C11H14O4S. The third kappa shape index (κ3) is 3.30. The zero-order chi connectivity index (χ0) is 11.4. The van der Waals surface area contributed by atoms with Crippen LogP contribution in [-0.2, 0) is 24.8 Å². The van der Waals surface area contributed by atoms with Crippen molar-refractivity contribution >= 4 is 10.1 Å². The van der Waals surface area contributed by atoms with Crippen molar-refractivity contribution in [3.05, 3.63) is 35.9 Å². The normalized spacial score (nSPS) is 21.1. The summed E-state index contributed by atoms with van der Waals surface area (Å²) < 4.78 is 33.5. The van der Waals surface area contributed by atoms with E-state index in [2.05, 4.69) is 0 Å². The average Bonchev–Trinajstić information content (AvgIpc) is 2.70. The summed E-state index contributed by atoms with van der Waals surface area (Å²) >= 11 is 0. The predicted octanol–water partition coefficient (Wildman–Crippen LogP) is 1.32. The van der Waals surface area contributed by atoms with Crippen LogP contribution in [0.3, 0.4) is 0 Å². The minimum absolute atomic E-state index is 0.0790. The fourth-order valence-corrected chi connectivity index (χ4v) is 2.84. The van der Waals surface area contributed by atoms with Gasteiger partial charge in [0, 0.05) is 13.0 Å². The van der Waals surface area contributed by atoms with Gasteiger partial charge in [-0.3, -0.25) is 4.18 Å². The number of hydrogen-bond acceptors (Lipinski definition) is 4. The molecule has 1 aromatic rings. The molecule has 1 atom stereocenters. The molecule has 1 saturated heterocycles. The molecule has 1 fully saturated rings. The molecule has 0 unspecified atom stereocenters. The van der Waals surface area contributed by atoms with Gasteiger partial charge < -0.3 is 4.74 Å². The lowest BCUT2D eigenvalue weighted by Crippen LogP contribution is -2.19. The molecule has 0 N–H and O–H groups in total. The zero-order valence-electron chi connectivity index (χ0n) is 8.83. The zero-order valence-corrected chi connectivity index (χ0v) is 9.65. The van der Waals surface area contributed by atoms with Crippen molar-refractivity contribution < 1.29 is 17.3 Å². The first-order chi connectivity index (χ1) is 7.66. The first-order valence-electron chi connectivity index (χ1n) is 5.18. The highest BCUT2D eigenvalue weighted by molar-refractivity contribution is 7.85. The van der Waals surface area contributed by atoms with E-state index in [1.54, 1.807) is 12.1 Å². The Morgan fingerprint density at radius 3 is 2.69 bits per heavy atom. The van der Waals surface area contributed by atoms with Crippen molar-refractivity contribution in [2.24, 2.45) is 0 Å². The van der Waals surface area contributed by atoms with Crippen LogP contribution in [0.2, 0.25) is 0 Å². The van der Waals surface area contributed by atoms with Crippen LogP contribution in [0.1, 0.15) is 12.0 Å². The molecule has 0 spiro atoms. The first-order valence-corrected chi connectivity index (χ1v) is 6.76. The molecule has 0 bridgehead atoms. The Bertz CT molecular complexity index is 421. The van der Waals surface area contributed by atoms with E-state index < -0.39 is 10.1 Å². The van der Waals surface area contributed by atoms with Crippen molar-refractivity contribution in [1.29, 1.82) is 0 Å². The van der Waals surface area contributed by atoms with Gasteiger partial charge in [0.25, 0.3) is 10.1 Å². The Kier molecular flexibility index (Phi) is 3.58. The van der Waals surface area contributed by atoms with Gasteiger partial charge in [0.05, 0.1) is 6.61 Å². The minimum atomic E-state index is -3.50.